The van der Waals surface area contributed by atoms with Gasteiger partial charge in [-0.05, 0) is 0 Å². The van der Waals surface area contributed by atoms with Crippen LogP contribution in [0.15, 0.2) is 16.4 Å². The summed E-state index contributed by atoms with van der Waals surface area (Å²) in [7, 11) is 0. The van der Waals surface area contributed by atoms with Crippen molar-refractivity contribution in [3.63, 3.8) is 0 Å². The molecule has 0 aromatic carbocycles. The van der Waals surface area contributed by atoms with Crippen LogP contribution in [0.3, 0.4) is 0 Å². The molecule has 4 heteroatoms. The number of aromatic nitrogens is 2. The monoisotopic (exact) mass is 162 g/mol. The number of rotatable bonds is 1. The van der Waals surface area contributed by atoms with Crippen molar-refractivity contribution in [1.82, 2.24) is 9.97 Å². The fourth-order valence-electron chi connectivity index (χ4n) is 1.07. The summed E-state index contributed by atoms with van der Waals surface area (Å²) < 4.78 is 0. The van der Waals surface area contributed by atoms with Crippen molar-refractivity contribution in [1.29, 1.82) is 0 Å². The van der Waals surface area contributed by atoms with Crippen LogP contribution in [0.25, 0.3) is 0 Å². The Morgan fingerprint density at radius 1 is 1.42 bits per heavy atom. The summed E-state index contributed by atoms with van der Waals surface area (Å²) in [5.41, 5.74) is 1.03. The van der Waals surface area contributed by atoms with E-state index in [2.05, 4.69) is 34.0 Å². The Balaban J connectivity index is 2.44. The lowest BCUT2D eigenvalue weighted by Crippen LogP contribution is -1.97. The van der Waals surface area contributed by atoms with E-state index < -0.39 is 0 Å². The Morgan fingerprint density at radius 3 is 3.00 bits per heavy atom. The quantitative estimate of drug-likeness (QED) is 0.635. The van der Waals surface area contributed by atoms with Gasteiger partial charge in [-0.25, -0.2) is 9.97 Å². The van der Waals surface area contributed by atoms with Crippen LogP contribution in [0.5, 0.6) is 0 Å². The van der Waals surface area contributed by atoms with Gasteiger partial charge in [-0.1, -0.05) is 13.8 Å². The molecule has 1 aromatic heterocycles. The first-order chi connectivity index (χ1) is 5.77. The van der Waals surface area contributed by atoms with E-state index in [9.17, 15) is 0 Å². The highest BCUT2D eigenvalue weighted by Gasteiger charge is 2.12. The number of fused-ring (bicyclic) bond motifs is 1. The van der Waals surface area contributed by atoms with Crippen LogP contribution in [0.4, 0.5) is 5.82 Å². The molecular formula is C8H10N4. The lowest BCUT2D eigenvalue weighted by Gasteiger charge is -2.02. The Morgan fingerprint density at radius 2 is 2.25 bits per heavy atom. The molecule has 2 heterocycles. The molecule has 0 atom stereocenters. The second kappa shape index (κ2) is 2.62. The molecule has 0 fully saturated rings. The summed E-state index contributed by atoms with van der Waals surface area (Å²) in [6.07, 6.45) is 1.82. The lowest BCUT2D eigenvalue weighted by atomic mass is 10.2. The molecule has 0 radical (unpaired) electrons. The summed E-state index contributed by atoms with van der Waals surface area (Å²) in [5.74, 6) is 1.94. The van der Waals surface area contributed by atoms with Crippen molar-refractivity contribution < 1.29 is 0 Å². The average molecular weight is 162 g/mol. The van der Waals surface area contributed by atoms with E-state index in [0.717, 1.165) is 17.2 Å². The predicted octanol–water partition coefficient (Wildman–Crippen LogP) is 2.20. The molecule has 0 aliphatic carbocycles. The third-order valence-electron chi connectivity index (χ3n) is 1.78. The van der Waals surface area contributed by atoms with Gasteiger partial charge in [0, 0.05) is 17.7 Å². The number of nitrogens with zero attached hydrogens (tertiary/aromatic N) is 4. The first-order valence-corrected chi connectivity index (χ1v) is 4.00. The Bertz CT molecular complexity index is 330. The summed E-state index contributed by atoms with van der Waals surface area (Å²) in [4.78, 5) is 8.50. The molecule has 12 heavy (non-hydrogen) atoms. The Kier molecular flexibility index (Phi) is 1.60. The highest BCUT2D eigenvalue weighted by molar-refractivity contribution is 5.38. The summed E-state index contributed by atoms with van der Waals surface area (Å²) in [6.45, 7) is 4.76. The molecule has 4 nitrogen and oxygen atoms in total. The first kappa shape index (κ1) is 7.34. The zero-order valence-electron chi connectivity index (χ0n) is 7.15. The van der Waals surface area contributed by atoms with Gasteiger partial charge in [0.25, 0.3) is 0 Å². The molecule has 0 N–H and O–H groups in total. The zero-order valence-corrected chi connectivity index (χ0v) is 7.15. The Labute approximate surface area is 70.8 Å². The van der Waals surface area contributed by atoms with Gasteiger partial charge in [-0.3, -0.25) is 0 Å². The molecule has 1 aliphatic heterocycles. The largest absolute Gasteiger partial charge is 0.241 e. The second-order valence-corrected chi connectivity index (χ2v) is 3.13. The molecule has 62 valence electrons. The van der Waals surface area contributed by atoms with Gasteiger partial charge < -0.3 is 0 Å². The lowest BCUT2D eigenvalue weighted by molar-refractivity contribution is 0.772. The van der Waals surface area contributed by atoms with Crippen LogP contribution in [-0.4, -0.2) is 9.97 Å². The summed E-state index contributed by atoms with van der Waals surface area (Å²) in [6, 6.07) is 0. The van der Waals surface area contributed by atoms with Gasteiger partial charge in [-0.2, -0.15) is 5.11 Å². The van der Waals surface area contributed by atoms with Gasteiger partial charge in [0.2, 0.25) is 0 Å². The van der Waals surface area contributed by atoms with Crippen LogP contribution >= 0.6 is 0 Å². The SMILES string of the molecule is CC(C)c1ncc2c(n1)N=NC2. The molecular weight excluding hydrogens is 152 g/mol. The van der Waals surface area contributed by atoms with Crippen molar-refractivity contribution in [2.75, 3.05) is 0 Å². The van der Waals surface area contributed by atoms with E-state index >= 15 is 0 Å². The zero-order chi connectivity index (χ0) is 8.55. The molecule has 1 aliphatic rings. The molecule has 1 aromatic rings. The van der Waals surface area contributed by atoms with Gasteiger partial charge in [0.1, 0.15) is 5.82 Å². The van der Waals surface area contributed by atoms with Gasteiger partial charge >= 0.3 is 0 Å². The second-order valence-electron chi connectivity index (χ2n) is 3.13. The van der Waals surface area contributed by atoms with Crippen molar-refractivity contribution in [3.05, 3.63) is 17.6 Å². The van der Waals surface area contributed by atoms with E-state index in [-0.39, 0.29) is 0 Å². The summed E-state index contributed by atoms with van der Waals surface area (Å²) in [5, 5.41) is 7.79. The van der Waals surface area contributed by atoms with Crippen LogP contribution in [-0.2, 0) is 6.54 Å². The molecule has 0 bridgehead atoms. The van der Waals surface area contributed by atoms with E-state index in [1.807, 2.05) is 6.20 Å². The van der Waals surface area contributed by atoms with Gasteiger partial charge in [0.15, 0.2) is 5.82 Å². The van der Waals surface area contributed by atoms with Crippen molar-refractivity contribution in [2.24, 2.45) is 10.2 Å². The molecule has 0 saturated carbocycles. The molecule has 0 saturated heterocycles. The third kappa shape index (κ3) is 1.09. The minimum atomic E-state index is 0.353. The van der Waals surface area contributed by atoms with Crippen molar-refractivity contribution >= 4 is 5.82 Å². The maximum Gasteiger partial charge on any atom is 0.182 e. The van der Waals surface area contributed by atoms with Crippen molar-refractivity contribution in [2.45, 2.75) is 26.3 Å². The van der Waals surface area contributed by atoms with Gasteiger partial charge in [0.05, 0.1) is 6.54 Å². The highest BCUT2D eigenvalue weighted by Crippen LogP contribution is 2.24. The van der Waals surface area contributed by atoms with Crippen LogP contribution in [0, 0.1) is 0 Å². The fraction of sp³-hybridized carbons (Fsp3) is 0.500. The predicted molar refractivity (Wildman–Crippen MR) is 44.3 cm³/mol. The van der Waals surface area contributed by atoms with Gasteiger partial charge in [-0.15, -0.1) is 5.11 Å². The van der Waals surface area contributed by atoms with Crippen LogP contribution in [0.1, 0.15) is 31.2 Å². The molecule has 0 unspecified atom stereocenters. The highest BCUT2D eigenvalue weighted by atomic mass is 15.2. The Hall–Kier alpha value is -1.32. The minimum Gasteiger partial charge on any atom is -0.241 e. The topological polar surface area (TPSA) is 50.5 Å². The maximum atomic E-state index is 4.28. The number of azo groups is 1. The standard InChI is InChI=1S/C8H10N4/c1-5(2)7-9-3-6-4-10-12-8(6)11-7/h3,5H,4H2,1-2H3. The normalized spacial score (nSPS) is 13.9. The number of hydrogen-bond acceptors (Lipinski definition) is 4. The molecule has 0 amide bonds. The molecule has 2 rings (SSSR count). The summed E-state index contributed by atoms with van der Waals surface area (Å²) >= 11 is 0. The smallest absolute Gasteiger partial charge is 0.182 e. The number of hydrogen-bond donors (Lipinski definition) is 0. The average Bonchev–Trinajstić information content (AvgIpc) is 2.49. The van der Waals surface area contributed by atoms with Crippen molar-refractivity contribution in [3.8, 4) is 0 Å². The van der Waals surface area contributed by atoms with Crippen LogP contribution < -0.4 is 0 Å². The van der Waals surface area contributed by atoms with Crippen LogP contribution in [0.2, 0.25) is 0 Å². The minimum absolute atomic E-state index is 0.353. The van der Waals surface area contributed by atoms with E-state index in [4.69, 9.17) is 0 Å². The molecule has 0 spiro atoms. The van der Waals surface area contributed by atoms with E-state index in [0.29, 0.717) is 12.5 Å². The third-order valence-corrected chi connectivity index (χ3v) is 1.78. The first-order valence-electron chi connectivity index (χ1n) is 4.00. The van der Waals surface area contributed by atoms with E-state index in [1.54, 1.807) is 0 Å². The van der Waals surface area contributed by atoms with E-state index in [1.165, 1.54) is 0 Å². The maximum absolute atomic E-state index is 4.28. The fourth-order valence-corrected chi connectivity index (χ4v) is 1.07.